The Morgan fingerprint density at radius 2 is 1.89 bits per heavy atom. The van der Waals surface area contributed by atoms with Crippen LogP contribution in [0.3, 0.4) is 0 Å². The van der Waals surface area contributed by atoms with Crippen LogP contribution in [0.5, 0.6) is 11.5 Å². The molecule has 0 atom stereocenters. The molecule has 3 aromatic rings. The number of hydrogen-bond donors (Lipinski definition) is 1. The smallest absolute Gasteiger partial charge is 0.343 e. The van der Waals surface area contributed by atoms with Crippen molar-refractivity contribution in [2.75, 3.05) is 7.11 Å². The van der Waals surface area contributed by atoms with Gasteiger partial charge in [-0.15, -0.1) is 11.3 Å². The number of rotatable bonds is 6. The number of esters is 1. The van der Waals surface area contributed by atoms with Crippen LogP contribution in [0, 0.1) is 5.82 Å². The van der Waals surface area contributed by atoms with Crippen LogP contribution in [0.1, 0.15) is 25.6 Å². The van der Waals surface area contributed by atoms with Crippen molar-refractivity contribution in [3.8, 4) is 11.5 Å². The molecule has 0 saturated heterocycles. The van der Waals surface area contributed by atoms with Gasteiger partial charge in [-0.3, -0.25) is 4.79 Å². The molecule has 142 valence electrons. The van der Waals surface area contributed by atoms with Crippen molar-refractivity contribution in [1.29, 1.82) is 0 Å². The minimum Gasteiger partial charge on any atom is -0.493 e. The fourth-order valence-electron chi connectivity index (χ4n) is 2.22. The van der Waals surface area contributed by atoms with Crippen LogP contribution < -0.4 is 14.9 Å². The highest BCUT2D eigenvalue weighted by Gasteiger charge is 2.13. The van der Waals surface area contributed by atoms with Crippen molar-refractivity contribution in [2.24, 2.45) is 5.10 Å². The predicted octanol–water partition coefficient (Wildman–Crippen LogP) is 3.88. The molecule has 28 heavy (non-hydrogen) atoms. The highest BCUT2D eigenvalue weighted by atomic mass is 32.1. The third-order valence-corrected chi connectivity index (χ3v) is 4.46. The second kappa shape index (κ2) is 8.92. The molecule has 3 rings (SSSR count). The standard InChI is InChI=1S/C20H15FN2O4S/c1-26-17-11-13(12-22-23-19(24)18-3-2-10-28-18)4-9-16(17)27-20(25)14-5-7-15(21)8-6-14/h2-12H,1H3,(H,23,24). The van der Waals surface area contributed by atoms with Crippen LogP contribution in [0.15, 0.2) is 65.1 Å². The van der Waals surface area contributed by atoms with Gasteiger partial charge in [0, 0.05) is 0 Å². The summed E-state index contributed by atoms with van der Waals surface area (Å²) in [5.41, 5.74) is 3.27. The number of carbonyl (C=O) groups excluding carboxylic acids is 2. The number of hydrazone groups is 1. The van der Waals surface area contributed by atoms with E-state index in [0.717, 1.165) is 0 Å². The number of thiophene rings is 1. The van der Waals surface area contributed by atoms with Crippen LogP contribution in [0.4, 0.5) is 4.39 Å². The number of nitrogens with one attached hydrogen (secondary N) is 1. The van der Waals surface area contributed by atoms with E-state index in [0.29, 0.717) is 16.2 Å². The summed E-state index contributed by atoms with van der Waals surface area (Å²) in [4.78, 5) is 24.5. The maximum absolute atomic E-state index is 13.0. The zero-order chi connectivity index (χ0) is 19.9. The Morgan fingerprint density at radius 1 is 1.11 bits per heavy atom. The molecule has 8 heteroatoms. The number of benzene rings is 2. The molecule has 1 amide bonds. The Kier molecular flexibility index (Phi) is 6.13. The number of nitrogens with zero attached hydrogens (tertiary/aromatic N) is 1. The van der Waals surface area contributed by atoms with Gasteiger partial charge < -0.3 is 9.47 Å². The summed E-state index contributed by atoms with van der Waals surface area (Å²) in [5, 5.41) is 5.70. The van der Waals surface area contributed by atoms with E-state index in [4.69, 9.17) is 9.47 Å². The first-order valence-corrected chi connectivity index (χ1v) is 8.97. The van der Waals surface area contributed by atoms with Gasteiger partial charge in [0.2, 0.25) is 0 Å². The van der Waals surface area contributed by atoms with Crippen molar-refractivity contribution in [3.05, 3.63) is 81.8 Å². The molecular formula is C20H15FN2O4S. The van der Waals surface area contributed by atoms with Gasteiger partial charge in [-0.1, -0.05) is 6.07 Å². The molecule has 0 spiro atoms. The van der Waals surface area contributed by atoms with E-state index in [1.165, 1.54) is 48.9 Å². The summed E-state index contributed by atoms with van der Waals surface area (Å²) < 4.78 is 23.5. The number of methoxy groups -OCH3 is 1. The van der Waals surface area contributed by atoms with Crippen molar-refractivity contribution in [2.45, 2.75) is 0 Å². The molecule has 0 aliphatic heterocycles. The molecule has 0 aliphatic rings. The Bertz CT molecular complexity index is 1000. The summed E-state index contributed by atoms with van der Waals surface area (Å²) in [6, 6.07) is 13.3. The summed E-state index contributed by atoms with van der Waals surface area (Å²) >= 11 is 1.31. The van der Waals surface area contributed by atoms with Gasteiger partial charge in [0.1, 0.15) is 5.82 Å². The number of carbonyl (C=O) groups is 2. The first kappa shape index (κ1) is 19.2. The second-order valence-corrected chi connectivity index (χ2v) is 6.43. The zero-order valence-corrected chi connectivity index (χ0v) is 15.5. The van der Waals surface area contributed by atoms with E-state index in [2.05, 4.69) is 10.5 Å². The monoisotopic (exact) mass is 398 g/mol. The molecule has 0 bridgehead atoms. The van der Waals surface area contributed by atoms with E-state index < -0.39 is 11.8 Å². The molecule has 0 unspecified atom stereocenters. The van der Waals surface area contributed by atoms with Crippen molar-refractivity contribution >= 4 is 29.4 Å². The Labute approximate surface area is 164 Å². The van der Waals surface area contributed by atoms with Gasteiger partial charge in [-0.25, -0.2) is 14.6 Å². The topological polar surface area (TPSA) is 77.0 Å². The molecular weight excluding hydrogens is 383 g/mol. The number of hydrogen-bond acceptors (Lipinski definition) is 6. The maximum atomic E-state index is 13.0. The number of ether oxygens (including phenoxy) is 2. The molecule has 1 aromatic heterocycles. The Balaban J connectivity index is 1.67. The van der Waals surface area contributed by atoms with E-state index >= 15 is 0 Å². The number of amides is 1. The van der Waals surface area contributed by atoms with E-state index in [9.17, 15) is 14.0 Å². The Morgan fingerprint density at radius 3 is 2.57 bits per heavy atom. The third-order valence-electron chi connectivity index (χ3n) is 3.59. The third kappa shape index (κ3) is 4.80. The van der Waals surface area contributed by atoms with Crippen LogP contribution in [-0.4, -0.2) is 25.2 Å². The highest BCUT2D eigenvalue weighted by molar-refractivity contribution is 7.12. The summed E-state index contributed by atoms with van der Waals surface area (Å²) in [7, 11) is 1.43. The molecule has 2 aromatic carbocycles. The molecule has 1 N–H and O–H groups in total. The normalized spacial score (nSPS) is 10.6. The van der Waals surface area contributed by atoms with Crippen LogP contribution in [0.2, 0.25) is 0 Å². The highest BCUT2D eigenvalue weighted by Crippen LogP contribution is 2.28. The van der Waals surface area contributed by atoms with Crippen LogP contribution >= 0.6 is 11.3 Å². The van der Waals surface area contributed by atoms with Crippen molar-refractivity contribution in [3.63, 3.8) is 0 Å². The van der Waals surface area contributed by atoms with Gasteiger partial charge in [0.05, 0.1) is 23.8 Å². The lowest BCUT2D eigenvalue weighted by Gasteiger charge is -2.10. The SMILES string of the molecule is COc1cc(C=NNC(=O)c2cccs2)ccc1OC(=O)c1ccc(F)cc1. The molecule has 1 heterocycles. The fraction of sp³-hybridized carbons (Fsp3) is 0.0500. The Hall–Kier alpha value is -3.52. The molecule has 0 saturated carbocycles. The van der Waals surface area contributed by atoms with Crippen LogP contribution in [-0.2, 0) is 0 Å². The quantitative estimate of drug-likeness (QED) is 0.296. The molecule has 0 fully saturated rings. The average Bonchev–Trinajstić information content (AvgIpc) is 3.24. The summed E-state index contributed by atoms with van der Waals surface area (Å²) in [6.45, 7) is 0. The first-order chi connectivity index (χ1) is 13.6. The maximum Gasteiger partial charge on any atom is 0.343 e. The van der Waals surface area contributed by atoms with Gasteiger partial charge in [-0.2, -0.15) is 5.10 Å². The minimum absolute atomic E-state index is 0.205. The zero-order valence-electron chi connectivity index (χ0n) is 14.7. The van der Waals surface area contributed by atoms with E-state index in [1.54, 1.807) is 35.7 Å². The van der Waals surface area contributed by atoms with Gasteiger partial charge >= 0.3 is 5.97 Å². The van der Waals surface area contributed by atoms with Gasteiger partial charge in [-0.05, 0) is 59.5 Å². The number of halogens is 1. The minimum atomic E-state index is -0.636. The average molecular weight is 398 g/mol. The van der Waals surface area contributed by atoms with Gasteiger partial charge in [0.25, 0.3) is 5.91 Å². The molecule has 0 aliphatic carbocycles. The first-order valence-electron chi connectivity index (χ1n) is 8.09. The predicted molar refractivity (Wildman–Crippen MR) is 104 cm³/mol. The lowest BCUT2D eigenvalue weighted by molar-refractivity contribution is 0.0729. The van der Waals surface area contributed by atoms with Crippen LogP contribution in [0.25, 0.3) is 0 Å². The van der Waals surface area contributed by atoms with Crippen molar-refractivity contribution < 1.29 is 23.5 Å². The lowest BCUT2D eigenvalue weighted by atomic mass is 10.2. The molecule has 0 radical (unpaired) electrons. The summed E-state index contributed by atoms with van der Waals surface area (Å²) in [6.07, 6.45) is 1.44. The van der Waals surface area contributed by atoms with Crippen molar-refractivity contribution in [1.82, 2.24) is 5.43 Å². The van der Waals surface area contributed by atoms with E-state index in [1.807, 2.05) is 0 Å². The summed E-state index contributed by atoms with van der Waals surface area (Å²) in [5.74, 6) is -0.865. The second-order valence-electron chi connectivity index (χ2n) is 5.48. The van der Waals surface area contributed by atoms with E-state index in [-0.39, 0.29) is 17.2 Å². The largest absolute Gasteiger partial charge is 0.493 e. The molecule has 6 nitrogen and oxygen atoms in total. The van der Waals surface area contributed by atoms with Gasteiger partial charge in [0.15, 0.2) is 11.5 Å². The lowest BCUT2D eigenvalue weighted by Crippen LogP contribution is -2.16. The fourth-order valence-corrected chi connectivity index (χ4v) is 2.84.